The summed E-state index contributed by atoms with van der Waals surface area (Å²) in [5, 5.41) is 20.5. The summed E-state index contributed by atoms with van der Waals surface area (Å²) in [7, 11) is 1.13. The molecule has 0 radical (unpaired) electrons. The molecule has 2 amide bonds. The predicted octanol–water partition coefficient (Wildman–Crippen LogP) is 0.689. The Kier molecular flexibility index (Phi) is 7.31. The Balaban J connectivity index is 1.79. The first-order valence-electron chi connectivity index (χ1n) is 8.82. The smallest absolute Gasteiger partial charge is 0.352 e. The van der Waals surface area contributed by atoms with Gasteiger partial charge in [-0.2, -0.15) is 8.78 Å². The predicted molar refractivity (Wildman–Crippen MR) is 109 cm³/mol. The summed E-state index contributed by atoms with van der Waals surface area (Å²) >= 11 is 2.09. The molecule has 0 bridgehead atoms. The molecule has 176 valence electrons. The van der Waals surface area contributed by atoms with E-state index in [1.807, 2.05) is 0 Å². The Bertz CT molecular complexity index is 936. The maximum absolute atomic E-state index is 13.1. The quantitative estimate of drug-likeness (QED) is 0.230. The number of amides is 2. The lowest BCUT2D eigenvalue weighted by Gasteiger charge is -2.56. The second-order valence-electron chi connectivity index (χ2n) is 6.53. The van der Waals surface area contributed by atoms with Gasteiger partial charge < -0.3 is 15.2 Å². The first-order valence-corrected chi connectivity index (χ1v) is 11.7. The molecule has 17 heteroatoms. The van der Waals surface area contributed by atoms with E-state index in [2.05, 4.69) is 25.9 Å². The van der Waals surface area contributed by atoms with Gasteiger partial charge in [0.1, 0.15) is 11.1 Å². The van der Waals surface area contributed by atoms with Crippen LogP contribution in [0.15, 0.2) is 16.4 Å². The molecule has 1 aromatic rings. The minimum absolute atomic E-state index is 0.182. The van der Waals surface area contributed by atoms with Crippen molar-refractivity contribution >= 4 is 53.1 Å². The van der Waals surface area contributed by atoms with Crippen molar-refractivity contribution in [3.8, 4) is 0 Å². The normalized spacial score (nSPS) is 24.1. The van der Waals surface area contributed by atoms with E-state index in [4.69, 9.17) is 4.74 Å². The largest absolute Gasteiger partial charge is 0.477 e. The highest BCUT2D eigenvalue weighted by atomic mass is 32.2. The second-order valence-corrected chi connectivity index (χ2v) is 10.1. The van der Waals surface area contributed by atoms with Crippen molar-refractivity contribution in [3.05, 3.63) is 11.3 Å². The number of carbonyl (C=O) groups excluding carboxylic acids is 2. The lowest BCUT2D eigenvalue weighted by atomic mass is 9.97. The van der Waals surface area contributed by atoms with Crippen LogP contribution in [0.4, 0.5) is 13.2 Å². The number of tetrazole rings is 1. The number of H-pyrrole nitrogens is 1. The SMILES string of the molecule is CO[C@@]1(NC(=O)CSC(F)(F)CF)C(=O)N2C(C(=O)O)=C(C(C)Sc3nnn[nH]3)CS[C@H]21. The van der Waals surface area contributed by atoms with Gasteiger partial charge in [0, 0.05) is 18.1 Å². The van der Waals surface area contributed by atoms with Crippen LogP contribution in [0.25, 0.3) is 0 Å². The van der Waals surface area contributed by atoms with E-state index < -0.39 is 51.8 Å². The van der Waals surface area contributed by atoms with E-state index in [1.165, 1.54) is 0 Å². The van der Waals surface area contributed by atoms with E-state index in [0.717, 1.165) is 35.5 Å². The molecule has 3 heterocycles. The summed E-state index contributed by atoms with van der Waals surface area (Å²) in [6.45, 7) is -0.217. The number of hydrogen-bond donors (Lipinski definition) is 3. The number of alkyl halides is 3. The number of nitrogens with one attached hydrogen (secondary N) is 2. The number of aromatic nitrogens is 4. The zero-order valence-corrected chi connectivity index (χ0v) is 19.0. The molecule has 11 nitrogen and oxygen atoms in total. The number of halogens is 3. The van der Waals surface area contributed by atoms with E-state index in [1.54, 1.807) is 6.92 Å². The molecule has 1 unspecified atom stereocenters. The van der Waals surface area contributed by atoms with E-state index in [9.17, 15) is 32.7 Å². The minimum atomic E-state index is -3.74. The van der Waals surface area contributed by atoms with Crippen LogP contribution in [0.5, 0.6) is 0 Å². The number of thioether (sulfide) groups is 3. The summed E-state index contributed by atoms with van der Waals surface area (Å²) in [5.74, 6) is -3.83. The Morgan fingerprint density at radius 1 is 1.53 bits per heavy atom. The highest BCUT2D eigenvalue weighted by molar-refractivity contribution is 8.01. The van der Waals surface area contributed by atoms with E-state index >= 15 is 0 Å². The average molecular weight is 515 g/mol. The van der Waals surface area contributed by atoms with Crippen LogP contribution in [-0.4, -0.2) is 95.3 Å². The van der Waals surface area contributed by atoms with E-state index in [0.29, 0.717) is 10.7 Å². The lowest BCUT2D eigenvalue weighted by Crippen LogP contribution is -2.80. The van der Waals surface area contributed by atoms with Crippen molar-refractivity contribution < 1.29 is 37.4 Å². The van der Waals surface area contributed by atoms with Crippen LogP contribution in [0, 0.1) is 0 Å². The van der Waals surface area contributed by atoms with Crippen molar-refractivity contribution in [2.75, 3.05) is 25.3 Å². The molecule has 0 saturated carbocycles. The van der Waals surface area contributed by atoms with Crippen molar-refractivity contribution in [3.63, 3.8) is 0 Å². The zero-order chi connectivity index (χ0) is 23.7. The van der Waals surface area contributed by atoms with Crippen molar-refractivity contribution in [1.82, 2.24) is 30.8 Å². The Labute approximate surface area is 191 Å². The van der Waals surface area contributed by atoms with Gasteiger partial charge in [-0.05, 0) is 22.9 Å². The monoisotopic (exact) mass is 514 g/mol. The number of carboxylic acids is 1. The van der Waals surface area contributed by atoms with Gasteiger partial charge in [0.05, 0.1) is 5.75 Å². The van der Waals surface area contributed by atoms with Gasteiger partial charge in [0.2, 0.25) is 11.1 Å². The Morgan fingerprint density at radius 3 is 2.81 bits per heavy atom. The Morgan fingerprint density at radius 2 is 2.25 bits per heavy atom. The van der Waals surface area contributed by atoms with Crippen LogP contribution in [0.2, 0.25) is 0 Å². The number of fused-ring (bicyclic) bond motifs is 1. The van der Waals surface area contributed by atoms with Gasteiger partial charge in [-0.1, -0.05) is 23.5 Å². The summed E-state index contributed by atoms with van der Waals surface area (Å²) in [4.78, 5) is 38.1. The van der Waals surface area contributed by atoms with Crippen LogP contribution < -0.4 is 5.32 Å². The number of hydrogen-bond acceptors (Lipinski definition) is 10. The fourth-order valence-corrected chi connectivity index (χ4v) is 6.12. The number of β-lactam (4-membered cyclic amide) rings is 1. The van der Waals surface area contributed by atoms with Gasteiger partial charge >= 0.3 is 11.2 Å². The number of aliphatic carboxylic acids is 1. The summed E-state index contributed by atoms with van der Waals surface area (Å²) in [6.07, 6.45) is 0. The molecular formula is C15H17F3N6O5S3. The number of nitrogens with zero attached hydrogens (tertiary/aromatic N) is 4. The van der Waals surface area contributed by atoms with Crippen molar-refractivity contribution in [1.29, 1.82) is 0 Å². The summed E-state index contributed by atoms with van der Waals surface area (Å²) in [6, 6.07) is 0. The number of aromatic amines is 1. The van der Waals surface area contributed by atoms with Gasteiger partial charge in [-0.15, -0.1) is 16.9 Å². The number of rotatable bonds is 10. The first-order chi connectivity index (χ1) is 15.1. The standard InChI is InChI=1S/C15H17F3N6O5S3/c1-6(32-13-20-22-23-21-13)7-3-30-12-15(29-2,11(28)24(12)9(7)10(26)27)19-8(25)4-31-14(17,18)5-16/h6,12H,3-5H2,1-2H3,(H,19,25)(H,26,27)(H,20,21,22,23)/t6?,12-,15-/m0/s1. The molecule has 3 N–H and O–H groups in total. The molecule has 2 aliphatic heterocycles. The van der Waals surface area contributed by atoms with Crippen LogP contribution in [0.3, 0.4) is 0 Å². The second kappa shape index (κ2) is 9.48. The zero-order valence-electron chi connectivity index (χ0n) is 16.5. The molecular weight excluding hydrogens is 497 g/mol. The molecule has 0 aliphatic carbocycles. The molecule has 3 atom stereocenters. The van der Waals surface area contributed by atoms with Crippen LogP contribution in [-0.2, 0) is 19.1 Å². The van der Waals surface area contributed by atoms with Crippen LogP contribution in [0.1, 0.15) is 6.92 Å². The maximum atomic E-state index is 13.1. The van der Waals surface area contributed by atoms with E-state index in [-0.39, 0.29) is 23.2 Å². The summed E-state index contributed by atoms with van der Waals surface area (Å²) in [5.41, 5.74) is -1.75. The third-order valence-corrected chi connectivity index (χ3v) is 7.89. The number of carboxylic acid groups (broad SMARTS) is 1. The van der Waals surface area contributed by atoms with Gasteiger partial charge in [-0.3, -0.25) is 14.5 Å². The highest BCUT2D eigenvalue weighted by Crippen LogP contribution is 2.48. The fraction of sp³-hybridized carbons (Fsp3) is 0.600. The van der Waals surface area contributed by atoms with Gasteiger partial charge in [0.15, 0.2) is 6.67 Å². The molecule has 0 aromatic carbocycles. The van der Waals surface area contributed by atoms with Crippen molar-refractivity contribution in [2.45, 2.75) is 33.7 Å². The third-order valence-electron chi connectivity index (χ3n) is 4.59. The fourth-order valence-electron chi connectivity index (χ4n) is 3.11. The van der Waals surface area contributed by atoms with Crippen LogP contribution >= 0.6 is 35.3 Å². The first kappa shape index (κ1) is 24.7. The summed E-state index contributed by atoms with van der Waals surface area (Å²) < 4.78 is 43.6. The molecule has 1 fully saturated rings. The molecule has 3 rings (SSSR count). The number of carbonyl (C=O) groups is 3. The molecule has 1 aromatic heterocycles. The molecule has 2 aliphatic rings. The average Bonchev–Trinajstić information content (AvgIpc) is 3.27. The Hall–Kier alpha value is -1.98. The number of methoxy groups -OCH3 is 1. The van der Waals surface area contributed by atoms with Gasteiger partial charge in [0.25, 0.3) is 11.6 Å². The molecule has 1 saturated heterocycles. The third kappa shape index (κ3) is 4.55. The number of ether oxygens (including phenoxy) is 1. The minimum Gasteiger partial charge on any atom is -0.477 e. The molecule has 32 heavy (non-hydrogen) atoms. The van der Waals surface area contributed by atoms with Crippen molar-refractivity contribution in [2.24, 2.45) is 0 Å². The van der Waals surface area contributed by atoms with Gasteiger partial charge in [-0.25, -0.2) is 14.3 Å². The highest BCUT2D eigenvalue weighted by Gasteiger charge is 2.66. The topological polar surface area (TPSA) is 150 Å². The maximum Gasteiger partial charge on any atom is 0.352 e. The lowest BCUT2D eigenvalue weighted by molar-refractivity contribution is -0.192. The molecule has 0 spiro atoms.